The Hall–Kier alpha value is -0.860. The molecule has 1 aliphatic rings. The van der Waals surface area contributed by atoms with Crippen LogP contribution in [0.15, 0.2) is 24.3 Å². The molecule has 2 atom stereocenters. The Labute approximate surface area is 72.8 Å². The van der Waals surface area contributed by atoms with Gasteiger partial charge < -0.3 is 11.1 Å². The van der Waals surface area contributed by atoms with Crippen LogP contribution in [0, 0.1) is 0 Å². The number of nitrogens with two attached hydrogens (primary N) is 1. The van der Waals surface area contributed by atoms with Crippen molar-refractivity contribution in [3.63, 3.8) is 0 Å². The average molecular weight is 162 g/mol. The van der Waals surface area contributed by atoms with Gasteiger partial charge in [-0.2, -0.15) is 0 Å². The first-order chi connectivity index (χ1) is 5.83. The van der Waals surface area contributed by atoms with Crippen LogP contribution in [0.25, 0.3) is 0 Å². The van der Waals surface area contributed by atoms with E-state index in [1.807, 2.05) is 7.05 Å². The molecule has 2 heteroatoms. The molecule has 0 saturated heterocycles. The predicted octanol–water partition coefficient (Wildman–Crippen LogP) is 0.830. The van der Waals surface area contributed by atoms with Crippen molar-refractivity contribution < 1.29 is 0 Å². The number of hydrogen-bond acceptors (Lipinski definition) is 2. The van der Waals surface area contributed by atoms with Crippen molar-refractivity contribution in [1.82, 2.24) is 5.32 Å². The van der Waals surface area contributed by atoms with Gasteiger partial charge in [0.05, 0.1) is 0 Å². The van der Waals surface area contributed by atoms with Gasteiger partial charge in [0.25, 0.3) is 0 Å². The van der Waals surface area contributed by atoms with Crippen molar-refractivity contribution in [3.05, 3.63) is 35.4 Å². The lowest BCUT2D eigenvalue weighted by Crippen LogP contribution is -2.33. The monoisotopic (exact) mass is 162 g/mol. The van der Waals surface area contributed by atoms with Gasteiger partial charge in [-0.05, 0) is 24.6 Å². The molecular formula is C10H14N2. The van der Waals surface area contributed by atoms with Crippen molar-refractivity contribution >= 4 is 0 Å². The van der Waals surface area contributed by atoms with Crippen molar-refractivity contribution in [2.24, 2.45) is 5.73 Å². The zero-order chi connectivity index (χ0) is 8.55. The largest absolute Gasteiger partial charge is 0.323 e. The van der Waals surface area contributed by atoms with Crippen molar-refractivity contribution in [2.45, 2.75) is 18.5 Å². The van der Waals surface area contributed by atoms with Crippen LogP contribution < -0.4 is 11.1 Å². The van der Waals surface area contributed by atoms with Gasteiger partial charge in [0.15, 0.2) is 0 Å². The fourth-order valence-corrected chi connectivity index (χ4v) is 1.91. The summed E-state index contributed by atoms with van der Waals surface area (Å²) < 4.78 is 0. The van der Waals surface area contributed by atoms with E-state index >= 15 is 0 Å². The normalized spacial score (nSPS) is 27.2. The van der Waals surface area contributed by atoms with Crippen LogP contribution >= 0.6 is 0 Å². The van der Waals surface area contributed by atoms with Crippen LogP contribution in [0.3, 0.4) is 0 Å². The molecule has 1 aromatic rings. The third kappa shape index (κ3) is 1.04. The number of rotatable bonds is 1. The molecule has 1 aromatic carbocycles. The summed E-state index contributed by atoms with van der Waals surface area (Å²) in [7, 11) is 1.97. The Morgan fingerprint density at radius 1 is 1.42 bits per heavy atom. The molecule has 3 N–H and O–H groups in total. The first-order valence-electron chi connectivity index (χ1n) is 4.33. The van der Waals surface area contributed by atoms with Crippen LogP contribution in [0.2, 0.25) is 0 Å². The van der Waals surface area contributed by atoms with Gasteiger partial charge in [0.1, 0.15) is 0 Å². The molecule has 0 amide bonds. The maximum atomic E-state index is 6.04. The molecule has 0 heterocycles. The SMILES string of the molecule is CN[C@H]1Cc2ccccc2[C@@H]1N. The molecular weight excluding hydrogens is 148 g/mol. The molecule has 0 saturated carbocycles. The minimum absolute atomic E-state index is 0.172. The fraction of sp³-hybridized carbons (Fsp3) is 0.400. The lowest BCUT2D eigenvalue weighted by atomic mass is 10.1. The van der Waals surface area contributed by atoms with E-state index in [1.165, 1.54) is 11.1 Å². The minimum atomic E-state index is 0.172. The molecule has 0 unspecified atom stereocenters. The summed E-state index contributed by atoms with van der Waals surface area (Å²) in [5, 5.41) is 3.24. The lowest BCUT2D eigenvalue weighted by molar-refractivity contribution is 0.506. The fourth-order valence-electron chi connectivity index (χ4n) is 1.91. The Morgan fingerprint density at radius 3 is 2.83 bits per heavy atom. The molecule has 12 heavy (non-hydrogen) atoms. The second-order valence-electron chi connectivity index (χ2n) is 3.32. The molecule has 0 bridgehead atoms. The molecule has 1 aliphatic carbocycles. The zero-order valence-electron chi connectivity index (χ0n) is 7.25. The third-order valence-electron chi connectivity index (χ3n) is 2.66. The molecule has 0 spiro atoms. The molecule has 0 fully saturated rings. The quantitative estimate of drug-likeness (QED) is 0.642. The summed E-state index contributed by atoms with van der Waals surface area (Å²) in [6, 6.07) is 9.00. The highest BCUT2D eigenvalue weighted by molar-refractivity contribution is 5.36. The highest BCUT2D eigenvalue weighted by Gasteiger charge is 2.27. The number of benzene rings is 1. The molecule has 0 aliphatic heterocycles. The van der Waals surface area contributed by atoms with Crippen LogP contribution in [-0.4, -0.2) is 13.1 Å². The average Bonchev–Trinajstić information content (AvgIpc) is 2.44. The van der Waals surface area contributed by atoms with E-state index in [4.69, 9.17) is 5.73 Å². The summed E-state index contributed by atoms with van der Waals surface area (Å²) in [5.41, 5.74) is 8.73. The Kier molecular flexibility index (Phi) is 1.87. The van der Waals surface area contributed by atoms with Gasteiger partial charge >= 0.3 is 0 Å². The number of likely N-dealkylation sites (N-methyl/N-ethyl adjacent to an activating group) is 1. The Bertz CT molecular complexity index is 283. The summed E-state index contributed by atoms with van der Waals surface area (Å²) in [6.45, 7) is 0. The first-order valence-corrected chi connectivity index (χ1v) is 4.33. The van der Waals surface area contributed by atoms with Gasteiger partial charge in [-0.25, -0.2) is 0 Å². The van der Waals surface area contributed by atoms with Crippen LogP contribution in [-0.2, 0) is 6.42 Å². The van der Waals surface area contributed by atoms with Gasteiger partial charge in [0, 0.05) is 12.1 Å². The van der Waals surface area contributed by atoms with E-state index in [0.29, 0.717) is 6.04 Å². The highest BCUT2D eigenvalue weighted by Crippen LogP contribution is 2.28. The Balaban J connectivity index is 2.35. The van der Waals surface area contributed by atoms with Crippen LogP contribution in [0.4, 0.5) is 0 Å². The number of nitrogens with one attached hydrogen (secondary N) is 1. The van der Waals surface area contributed by atoms with E-state index in [-0.39, 0.29) is 6.04 Å². The zero-order valence-corrected chi connectivity index (χ0v) is 7.25. The lowest BCUT2D eigenvalue weighted by Gasteiger charge is -2.14. The standard InChI is InChI=1S/C10H14N2/c1-12-9-6-7-4-2-3-5-8(7)10(9)11/h2-5,9-10,12H,6,11H2,1H3/t9-,10-/m0/s1. The maximum Gasteiger partial charge on any atom is 0.0456 e. The molecule has 0 radical (unpaired) electrons. The molecule has 64 valence electrons. The van der Waals surface area contributed by atoms with Gasteiger partial charge in [-0.1, -0.05) is 24.3 Å². The summed E-state index contributed by atoms with van der Waals surface area (Å²) >= 11 is 0. The molecule has 2 rings (SSSR count). The van der Waals surface area contributed by atoms with Gasteiger partial charge in [-0.3, -0.25) is 0 Å². The summed E-state index contributed by atoms with van der Waals surface area (Å²) in [6.07, 6.45) is 1.06. The first kappa shape index (κ1) is 7.77. The predicted molar refractivity (Wildman–Crippen MR) is 49.9 cm³/mol. The Morgan fingerprint density at radius 2 is 2.17 bits per heavy atom. The van der Waals surface area contributed by atoms with E-state index in [9.17, 15) is 0 Å². The minimum Gasteiger partial charge on any atom is -0.323 e. The number of fused-ring (bicyclic) bond motifs is 1. The summed E-state index contributed by atoms with van der Waals surface area (Å²) in [4.78, 5) is 0. The second kappa shape index (κ2) is 2.88. The van der Waals surface area contributed by atoms with Gasteiger partial charge in [0.2, 0.25) is 0 Å². The van der Waals surface area contributed by atoms with Crippen molar-refractivity contribution in [2.75, 3.05) is 7.05 Å². The van der Waals surface area contributed by atoms with E-state index in [0.717, 1.165) is 6.42 Å². The number of hydrogen-bond donors (Lipinski definition) is 2. The maximum absolute atomic E-state index is 6.04. The van der Waals surface area contributed by atoms with Crippen LogP contribution in [0.5, 0.6) is 0 Å². The highest BCUT2D eigenvalue weighted by atomic mass is 14.9. The van der Waals surface area contributed by atoms with Crippen molar-refractivity contribution in [1.29, 1.82) is 0 Å². The second-order valence-corrected chi connectivity index (χ2v) is 3.32. The van der Waals surface area contributed by atoms with E-state index in [1.54, 1.807) is 0 Å². The van der Waals surface area contributed by atoms with E-state index in [2.05, 4.69) is 29.6 Å². The van der Waals surface area contributed by atoms with Crippen molar-refractivity contribution in [3.8, 4) is 0 Å². The van der Waals surface area contributed by atoms with E-state index < -0.39 is 0 Å². The summed E-state index contributed by atoms with van der Waals surface area (Å²) in [5.74, 6) is 0. The van der Waals surface area contributed by atoms with Gasteiger partial charge in [-0.15, -0.1) is 0 Å². The molecule has 2 nitrogen and oxygen atoms in total. The van der Waals surface area contributed by atoms with Crippen LogP contribution in [0.1, 0.15) is 17.2 Å². The molecule has 0 aromatic heterocycles. The third-order valence-corrected chi connectivity index (χ3v) is 2.66. The smallest absolute Gasteiger partial charge is 0.0456 e. The topological polar surface area (TPSA) is 38.0 Å².